The predicted octanol–water partition coefficient (Wildman–Crippen LogP) is 5.03. The number of benzene rings is 1. The van der Waals surface area contributed by atoms with Gasteiger partial charge in [0.1, 0.15) is 12.1 Å². The smallest absolute Gasteiger partial charge is 0.150 e. The van der Waals surface area contributed by atoms with E-state index in [1.807, 2.05) is 20.9 Å². The molecule has 1 aliphatic carbocycles. The molecule has 0 bridgehead atoms. The maximum absolute atomic E-state index is 13.2. The Hall–Kier alpha value is -1.70. The van der Waals surface area contributed by atoms with Crippen LogP contribution in [-0.4, -0.2) is 25.9 Å². The van der Waals surface area contributed by atoms with Crippen molar-refractivity contribution < 1.29 is 12.0 Å². The molecule has 0 aliphatic heterocycles. The van der Waals surface area contributed by atoms with Gasteiger partial charge in [-0.05, 0) is 70.3 Å². The van der Waals surface area contributed by atoms with E-state index >= 15 is 0 Å². The Morgan fingerprint density at radius 3 is 2.62 bits per heavy atom. The van der Waals surface area contributed by atoms with Gasteiger partial charge in [0.2, 0.25) is 0 Å². The first-order valence-corrected chi connectivity index (χ1v) is 9.71. The van der Waals surface area contributed by atoms with Crippen molar-refractivity contribution in [3.05, 3.63) is 35.1 Å². The molecule has 1 aromatic carbocycles. The minimum Gasteiger partial charge on any atom is -0.330 e. The third-order valence-electron chi connectivity index (χ3n) is 4.02. The number of aldehydes is 1. The van der Waals surface area contributed by atoms with E-state index in [0.29, 0.717) is 23.5 Å². The predicted molar refractivity (Wildman–Crippen MR) is 113 cm³/mol. The molecule has 1 fully saturated rings. The van der Waals surface area contributed by atoms with Crippen molar-refractivity contribution in [1.29, 1.82) is 0 Å². The van der Waals surface area contributed by atoms with Crippen LogP contribution in [0.15, 0.2) is 18.2 Å². The maximum atomic E-state index is 13.2. The van der Waals surface area contributed by atoms with Crippen LogP contribution in [-0.2, 0) is 0 Å². The zero-order valence-corrected chi connectivity index (χ0v) is 16.8. The van der Waals surface area contributed by atoms with Crippen molar-refractivity contribution in [3.8, 4) is 11.8 Å². The Bertz CT molecular complexity index is 569. The van der Waals surface area contributed by atoms with Gasteiger partial charge in [-0.3, -0.25) is 4.79 Å². The number of hydrogen-bond donors (Lipinski definition) is 2. The first-order valence-electron chi connectivity index (χ1n) is 9.71. The number of carbonyl (C=O) groups excluding carboxylic acids is 1. The lowest BCUT2D eigenvalue weighted by molar-refractivity contribution is 0.112. The molecule has 3 nitrogen and oxygen atoms in total. The first kappa shape index (κ1) is 24.3. The summed E-state index contributed by atoms with van der Waals surface area (Å²) >= 11 is 0. The van der Waals surface area contributed by atoms with Crippen LogP contribution in [0.5, 0.6) is 0 Å². The van der Waals surface area contributed by atoms with E-state index in [2.05, 4.69) is 24.1 Å². The van der Waals surface area contributed by atoms with Crippen LogP contribution in [0.2, 0.25) is 0 Å². The molecule has 1 aliphatic rings. The molecule has 150 valence electrons. The summed E-state index contributed by atoms with van der Waals surface area (Å²) in [6.45, 7) is 7.02. The van der Waals surface area contributed by atoms with E-state index in [0.717, 1.165) is 25.3 Å². The van der Waals surface area contributed by atoms with Crippen LogP contribution < -0.4 is 11.1 Å². The van der Waals surface area contributed by atoms with Gasteiger partial charge >= 0.3 is 0 Å². The molecule has 0 amide bonds. The van der Waals surface area contributed by atoms with Crippen LogP contribution >= 0.6 is 0 Å². The molecular formula is C22H39FN2O. The fourth-order valence-electron chi connectivity index (χ4n) is 2.06. The van der Waals surface area contributed by atoms with Gasteiger partial charge in [0, 0.05) is 20.9 Å². The lowest BCUT2D eigenvalue weighted by Gasteiger charge is -2.07. The normalized spacial score (nSPS) is 13.2. The number of halogens is 1. The molecular weight excluding hydrogens is 327 g/mol. The average molecular weight is 367 g/mol. The Kier molecular flexibility index (Phi) is 14.5. The summed E-state index contributed by atoms with van der Waals surface area (Å²) in [5.41, 5.74) is 6.12. The van der Waals surface area contributed by atoms with E-state index in [1.54, 1.807) is 0 Å². The topological polar surface area (TPSA) is 55.1 Å². The van der Waals surface area contributed by atoms with Crippen LogP contribution in [0, 0.1) is 23.6 Å². The molecule has 1 saturated carbocycles. The van der Waals surface area contributed by atoms with E-state index in [4.69, 9.17) is 5.73 Å². The van der Waals surface area contributed by atoms with Crippen molar-refractivity contribution >= 4 is 6.29 Å². The number of unbranched alkanes of at least 4 members (excludes halogenated alkanes) is 1. The zero-order chi connectivity index (χ0) is 19.8. The number of rotatable bonds is 7. The highest BCUT2D eigenvalue weighted by molar-refractivity contribution is 5.75. The van der Waals surface area contributed by atoms with Crippen molar-refractivity contribution in [1.82, 2.24) is 5.32 Å². The first-order chi connectivity index (χ1) is 12.6. The fraction of sp³-hybridized carbons (Fsp3) is 0.591. The summed E-state index contributed by atoms with van der Waals surface area (Å²) in [5.74, 6) is 6.08. The summed E-state index contributed by atoms with van der Waals surface area (Å²) in [4.78, 5) is 10.5. The van der Waals surface area contributed by atoms with Gasteiger partial charge in [0.15, 0.2) is 0 Å². The monoisotopic (exact) mass is 366 g/mol. The third kappa shape index (κ3) is 11.8. The van der Waals surface area contributed by atoms with E-state index in [1.165, 1.54) is 43.9 Å². The Labute approximate surface area is 161 Å². The van der Waals surface area contributed by atoms with Gasteiger partial charge in [-0.15, -0.1) is 0 Å². The second kappa shape index (κ2) is 15.5. The van der Waals surface area contributed by atoms with Crippen molar-refractivity contribution in [2.24, 2.45) is 11.7 Å². The molecule has 0 spiro atoms. The molecule has 4 heteroatoms. The number of nitrogens with two attached hydrogens (primary N) is 1. The molecule has 1 aromatic rings. The van der Waals surface area contributed by atoms with Gasteiger partial charge in [-0.1, -0.05) is 32.1 Å². The molecule has 0 radical (unpaired) electrons. The number of hydrogen-bond acceptors (Lipinski definition) is 3. The van der Waals surface area contributed by atoms with Gasteiger partial charge in [0.05, 0.1) is 5.56 Å². The molecule has 26 heavy (non-hydrogen) atoms. The standard InChI is InChI=1S/C13H11FO.C7H18N2.C2H6.2H2/c14-13-7-6-11(9-15)8-12(13)3-1-2-10-4-5-10;1-7(9-2)5-3-4-6-8;1-2;;/h6-10H,2,4-5H2;7,9H,3-6,8H2,1-2H3;1-2H3;2*1H/t;7-;;;/m.0.../s1. The van der Waals surface area contributed by atoms with E-state index in [9.17, 15) is 9.18 Å². The maximum Gasteiger partial charge on any atom is 0.150 e. The lowest BCUT2D eigenvalue weighted by atomic mass is 10.1. The highest BCUT2D eigenvalue weighted by Gasteiger charge is 2.19. The summed E-state index contributed by atoms with van der Waals surface area (Å²) in [6.07, 6.45) is 7.67. The summed E-state index contributed by atoms with van der Waals surface area (Å²) in [6, 6.07) is 4.87. The van der Waals surface area contributed by atoms with Crippen LogP contribution in [0.4, 0.5) is 4.39 Å². The van der Waals surface area contributed by atoms with Crippen LogP contribution in [0.25, 0.3) is 0 Å². The molecule has 2 rings (SSSR count). The quantitative estimate of drug-likeness (QED) is 0.404. The molecule has 0 aromatic heterocycles. The lowest BCUT2D eigenvalue weighted by Crippen LogP contribution is -2.20. The van der Waals surface area contributed by atoms with E-state index in [-0.39, 0.29) is 8.67 Å². The largest absolute Gasteiger partial charge is 0.330 e. The van der Waals surface area contributed by atoms with Gasteiger partial charge in [-0.2, -0.15) is 0 Å². The molecule has 0 saturated heterocycles. The third-order valence-corrected chi connectivity index (χ3v) is 4.02. The Morgan fingerprint density at radius 2 is 2.08 bits per heavy atom. The second-order valence-corrected chi connectivity index (χ2v) is 6.28. The van der Waals surface area contributed by atoms with E-state index < -0.39 is 0 Å². The van der Waals surface area contributed by atoms with Gasteiger partial charge < -0.3 is 11.1 Å². The Balaban J connectivity index is -0.000000423. The highest BCUT2D eigenvalue weighted by Crippen LogP contribution is 2.31. The molecule has 3 N–H and O–H groups in total. The summed E-state index contributed by atoms with van der Waals surface area (Å²) in [5, 5.41) is 3.18. The zero-order valence-electron chi connectivity index (χ0n) is 16.8. The summed E-state index contributed by atoms with van der Waals surface area (Å²) in [7, 11) is 1.99. The van der Waals surface area contributed by atoms with Crippen molar-refractivity contribution in [3.63, 3.8) is 0 Å². The average Bonchev–Trinajstić information content (AvgIpc) is 3.50. The SMILES string of the molecule is CC.CN[C@@H](C)CCCCN.O=Cc1ccc(F)c(C#CCC2CC2)c1.[HH].[HH]. The summed E-state index contributed by atoms with van der Waals surface area (Å²) < 4.78 is 13.2. The minimum absolute atomic E-state index is 0. The minimum atomic E-state index is -0.358. The molecule has 1 atom stereocenters. The number of carbonyl (C=O) groups is 1. The van der Waals surface area contributed by atoms with Crippen molar-refractivity contribution in [2.75, 3.05) is 13.6 Å². The second-order valence-electron chi connectivity index (χ2n) is 6.28. The van der Waals surface area contributed by atoms with Crippen LogP contribution in [0.3, 0.4) is 0 Å². The van der Waals surface area contributed by atoms with Crippen LogP contribution in [0.1, 0.15) is 78.1 Å². The van der Waals surface area contributed by atoms with Gasteiger partial charge in [0.25, 0.3) is 0 Å². The fourth-order valence-corrected chi connectivity index (χ4v) is 2.06. The van der Waals surface area contributed by atoms with Crippen molar-refractivity contribution in [2.45, 2.75) is 65.3 Å². The Morgan fingerprint density at radius 1 is 1.38 bits per heavy atom. The molecule has 0 unspecified atom stereocenters. The molecule has 0 heterocycles. The highest BCUT2D eigenvalue weighted by atomic mass is 19.1. The number of nitrogens with one attached hydrogen (secondary N) is 1. The van der Waals surface area contributed by atoms with Gasteiger partial charge in [-0.25, -0.2) is 4.39 Å².